The summed E-state index contributed by atoms with van der Waals surface area (Å²) in [5.41, 5.74) is 24.0. The van der Waals surface area contributed by atoms with Crippen molar-refractivity contribution in [3.8, 4) is 0 Å². The average molecular weight is 981 g/mol. The van der Waals surface area contributed by atoms with Crippen molar-refractivity contribution in [3.63, 3.8) is 0 Å². The zero-order valence-electron chi connectivity index (χ0n) is 37.1. The second-order valence-electron chi connectivity index (χ2n) is 16.4. The van der Waals surface area contributed by atoms with Gasteiger partial charge in [-0.1, -0.05) is 42.3 Å². The number of nitrogens with zero attached hydrogens (tertiary/aromatic N) is 11. The van der Waals surface area contributed by atoms with Gasteiger partial charge in [-0.2, -0.15) is 0 Å². The van der Waals surface area contributed by atoms with Crippen LogP contribution in [0.3, 0.4) is 0 Å². The van der Waals surface area contributed by atoms with Crippen LogP contribution in [0.15, 0.2) is 176 Å². The summed E-state index contributed by atoms with van der Waals surface area (Å²) in [5.74, 6) is -0.185. The number of allylic oxidation sites excluding steroid dienone is 6. The number of imidazole rings is 2. The van der Waals surface area contributed by atoms with Gasteiger partial charge in [0.25, 0.3) is 0 Å². The molecule has 4 aliphatic heterocycles. The van der Waals surface area contributed by atoms with Gasteiger partial charge in [0.2, 0.25) is 11.6 Å². The van der Waals surface area contributed by atoms with Crippen molar-refractivity contribution in [2.75, 3.05) is 0 Å². The summed E-state index contributed by atoms with van der Waals surface area (Å²) >= 11 is 0. The van der Waals surface area contributed by atoms with Crippen LogP contribution in [-0.2, 0) is 42.3 Å². The Bertz CT molecular complexity index is 3420. The average Bonchev–Trinajstić information content (AvgIpc) is 4.01. The summed E-state index contributed by atoms with van der Waals surface area (Å²) in [7, 11) is 0. The number of nitrogens with one attached hydrogen (secondary N) is 1. The maximum atomic E-state index is 11.8. The van der Waals surface area contributed by atoms with E-state index in [0.717, 1.165) is 88.7 Å². The number of aliphatic imine (C=N–C) groups is 4. The third kappa shape index (κ3) is 7.86. The molecule has 4 atom stereocenters. The quantitative estimate of drug-likeness (QED) is 0.101. The molecule has 0 saturated carbocycles. The van der Waals surface area contributed by atoms with Crippen LogP contribution in [0.25, 0.3) is 65.7 Å². The van der Waals surface area contributed by atoms with Gasteiger partial charge in [-0.15, -0.1) is 0 Å². The number of aromatic amines is 1. The summed E-state index contributed by atoms with van der Waals surface area (Å²) in [4.78, 5) is 75.4. The van der Waals surface area contributed by atoms with Crippen LogP contribution in [0.1, 0.15) is 11.6 Å². The molecule has 2 aliphatic carbocycles. The molecule has 333 valence electrons. The van der Waals surface area contributed by atoms with E-state index in [-0.39, 0.29) is 44.5 Å². The number of aryl methyl sites for hydroxylation is 2. The second kappa shape index (κ2) is 18.5. The Morgan fingerprint density at radius 2 is 0.884 bits per heavy atom. The number of aromatic nitrogens is 8. The first-order chi connectivity index (χ1) is 33.3. The largest absolute Gasteiger partial charge is 0.439 e. The number of hydrogen-bond donors (Lipinski definition) is 3. The summed E-state index contributed by atoms with van der Waals surface area (Å²) in [6.07, 6.45) is 28.4. The maximum absolute atomic E-state index is 11.8. The van der Waals surface area contributed by atoms with E-state index < -0.39 is 23.4 Å². The van der Waals surface area contributed by atoms with Crippen LogP contribution in [0, 0.1) is 37.5 Å². The third-order valence-electron chi connectivity index (χ3n) is 12.2. The monoisotopic (exact) mass is 980 g/mol. The maximum Gasteiger partial charge on any atom is 0.212 e. The minimum absolute atomic E-state index is 0. The fourth-order valence-electron chi connectivity index (χ4n) is 9.18. The SMILES string of the molecule is Cc1nc2c3cccnc3c3ncccc3c2[n-]1.Cc1nc2c3cccnc3c3ncccc3c2[nH]1.NC1=C(N)C2C=CC=NC2=C2N=CC=CC12.O=C1C(=O)C2C=CC=NC2=C2N=CC=CC12.[Y]. The molecular formula is C52H39N14O2Y-. The summed E-state index contributed by atoms with van der Waals surface area (Å²) in [6.45, 7) is 3.87. The van der Waals surface area contributed by atoms with Crippen LogP contribution in [0.4, 0.5) is 0 Å². The number of Topliss-reactive ketones (excluding diaryl/α,β-unsaturated/α-hetero) is 2. The normalized spacial score (nSPS) is 20.3. The van der Waals surface area contributed by atoms with E-state index in [1.807, 2.05) is 80.6 Å². The number of dihydropyridines is 4. The van der Waals surface area contributed by atoms with Gasteiger partial charge in [-0.05, 0) is 85.6 Å². The molecule has 2 aromatic carbocycles. The van der Waals surface area contributed by atoms with Crippen molar-refractivity contribution < 1.29 is 42.3 Å². The minimum atomic E-state index is -0.535. The first-order valence-electron chi connectivity index (χ1n) is 21.8. The Labute approximate surface area is 418 Å². The van der Waals surface area contributed by atoms with Crippen molar-refractivity contribution in [1.29, 1.82) is 0 Å². The molecule has 0 saturated heterocycles. The smallest absolute Gasteiger partial charge is 0.212 e. The number of carbonyl (C=O) groups is 2. The topological polar surface area (TPSA) is 243 Å². The number of benzene rings is 2. The number of H-pyrrole nitrogens is 1. The Morgan fingerprint density at radius 1 is 0.493 bits per heavy atom. The molecule has 10 heterocycles. The Balaban J connectivity index is 0.000000107. The van der Waals surface area contributed by atoms with Crippen LogP contribution < -0.4 is 16.5 Å². The van der Waals surface area contributed by atoms with Crippen LogP contribution in [-0.4, -0.2) is 71.3 Å². The predicted octanol–water partition coefficient (Wildman–Crippen LogP) is 7.28. The van der Waals surface area contributed by atoms with Crippen LogP contribution in [0.5, 0.6) is 0 Å². The molecule has 5 N–H and O–H groups in total. The standard InChI is InChI=1S/C14H10N4.C14H9N4.C12H12N4.C12H8N2O2.Y/c2*1-8-17-13-9-4-2-6-15-11(9)12-10(14(13)18-8)5-3-7-16-12;13-9-7-3-1-5-15-11(7)12-8(10(9)14)4-2-6-16-12;15-11-7-3-1-5-13-9(7)10-8(12(11)16)4-2-6-14-10;/h2-7H,1H3,(H,17,18);2-7H,1H3;1-8H,13-14H2;1-8H;/q;-1;;;. The van der Waals surface area contributed by atoms with Crippen LogP contribution in [0.2, 0.25) is 0 Å². The second-order valence-corrected chi connectivity index (χ2v) is 16.4. The van der Waals surface area contributed by atoms with E-state index in [4.69, 9.17) is 11.5 Å². The van der Waals surface area contributed by atoms with Crippen molar-refractivity contribution in [3.05, 3.63) is 168 Å². The Morgan fingerprint density at radius 3 is 1.38 bits per heavy atom. The number of carbonyl (C=O) groups excluding carboxylic acids is 2. The van der Waals surface area contributed by atoms with E-state index in [0.29, 0.717) is 22.8 Å². The molecule has 4 unspecified atom stereocenters. The van der Waals surface area contributed by atoms with E-state index in [2.05, 4.69) is 65.9 Å². The summed E-state index contributed by atoms with van der Waals surface area (Å²) < 4.78 is 0. The fraction of sp³-hybridized carbons (Fsp3) is 0.115. The van der Waals surface area contributed by atoms with Gasteiger partial charge >= 0.3 is 0 Å². The van der Waals surface area contributed by atoms with E-state index >= 15 is 0 Å². The van der Waals surface area contributed by atoms with Crippen LogP contribution >= 0.6 is 0 Å². The Hall–Kier alpha value is -8.08. The number of nitrogens with two attached hydrogens (primary N) is 2. The molecule has 14 rings (SSSR count). The molecule has 1 radical (unpaired) electrons. The number of ketones is 2. The molecule has 17 heteroatoms. The molecule has 0 bridgehead atoms. The number of hydrogen-bond acceptors (Lipinski definition) is 14. The zero-order valence-corrected chi connectivity index (χ0v) is 40.0. The number of fused-ring (bicyclic) bond motifs is 16. The summed E-state index contributed by atoms with van der Waals surface area (Å²) in [6, 6.07) is 15.8. The van der Waals surface area contributed by atoms with Gasteiger partial charge in [-0.25, -0.2) is 4.98 Å². The molecule has 6 aliphatic rings. The van der Waals surface area contributed by atoms with Gasteiger partial charge in [0.1, 0.15) is 5.82 Å². The van der Waals surface area contributed by atoms with E-state index in [1.165, 1.54) is 0 Å². The number of rotatable bonds is 0. The van der Waals surface area contributed by atoms with Gasteiger partial charge in [-0.3, -0.25) is 49.5 Å². The summed E-state index contributed by atoms with van der Waals surface area (Å²) in [5, 5.41) is 4.14. The molecule has 6 aromatic heterocycles. The molecule has 16 nitrogen and oxygen atoms in total. The van der Waals surface area contributed by atoms with Gasteiger partial charge in [0, 0.05) is 115 Å². The van der Waals surface area contributed by atoms with Crippen molar-refractivity contribution >= 4 is 102 Å². The van der Waals surface area contributed by atoms with E-state index in [1.54, 1.807) is 73.9 Å². The zero-order chi connectivity index (χ0) is 46.5. The van der Waals surface area contributed by atoms with Gasteiger partial charge in [0.15, 0.2) is 0 Å². The third-order valence-corrected chi connectivity index (χ3v) is 12.2. The molecular weight excluding hydrogens is 942 g/mol. The molecule has 0 fully saturated rings. The van der Waals surface area contributed by atoms with Gasteiger partial charge in [0.05, 0.1) is 79.6 Å². The number of pyridine rings is 4. The molecule has 0 amide bonds. The first kappa shape index (κ1) is 44.7. The minimum Gasteiger partial charge on any atom is -0.439 e. The first-order valence-corrected chi connectivity index (χ1v) is 21.8. The van der Waals surface area contributed by atoms with Gasteiger partial charge < -0.3 is 26.4 Å². The van der Waals surface area contributed by atoms with Crippen molar-refractivity contribution in [2.24, 2.45) is 55.1 Å². The molecule has 0 spiro atoms. The molecule has 8 aromatic rings. The van der Waals surface area contributed by atoms with Crippen molar-refractivity contribution in [1.82, 2.24) is 39.9 Å². The Kier molecular flexibility index (Phi) is 12.0. The van der Waals surface area contributed by atoms with Crippen molar-refractivity contribution in [2.45, 2.75) is 13.8 Å². The van der Waals surface area contributed by atoms with E-state index in [9.17, 15) is 9.59 Å². The molecule has 69 heavy (non-hydrogen) atoms. The fourth-order valence-corrected chi connectivity index (χ4v) is 9.18. The predicted molar refractivity (Wildman–Crippen MR) is 266 cm³/mol.